The van der Waals surface area contributed by atoms with Crippen molar-refractivity contribution in [3.63, 3.8) is 0 Å². The van der Waals surface area contributed by atoms with Crippen molar-refractivity contribution >= 4 is 17.3 Å². The van der Waals surface area contributed by atoms with E-state index in [-0.39, 0.29) is 6.04 Å². The fourth-order valence-electron chi connectivity index (χ4n) is 0.975. The molecule has 0 aliphatic carbocycles. The van der Waals surface area contributed by atoms with Gasteiger partial charge in [-0.05, 0) is 18.1 Å². The molecular formula is C9H13NO2S. The molecule has 0 aromatic carbocycles. The molecule has 1 atom stereocenters. The Hall–Kier alpha value is -0.870. The van der Waals surface area contributed by atoms with Crippen LogP contribution in [0.25, 0.3) is 0 Å². The fourth-order valence-corrected chi connectivity index (χ4v) is 2.00. The quantitative estimate of drug-likeness (QED) is 0.783. The number of hydrogen-bond acceptors (Lipinski definition) is 3. The van der Waals surface area contributed by atoms with Crippen LogP contribution in [-0.2, 0) is 0 Å². The first-order valence-electron chi connectivity index (χ1n) is 4.11. The third-order valence-electron chi connectivity index (χ3n) is 1.88. The van der Waals surface area contributed by atoms with E-state index in [2.05, 4.69) is 0 Å². The van der Waals surface area contributed by atoms with Gasteiger partial charge in [0, 0.05) is 10.9 Å². The van der Waals surface area contributed by atoms with Gasteiger partial charge in [-0.15, -0.1) is 11.3 Å². The van der Waals surface area contributed by atoms with Crippen LogP contribution < -0.4 is 5.73 Å². The minimum atomic E-state index is -0.882. The molecule has 0 fully saturated rings. The van der Waals surface area contributed by atoms with Crippen LogP contribution in [0.1, 0.15) is 34.4 Å². The summed E-state index contributed by atoms with van der Waals surface area (Å²) in [7, 11) is 0. The topological polar surface area (TPSA) is 63.3 Å². The van der Waals surface area contributed by atoms with Crippen molar-refractivity contribution in [3.8, 4) is 0 Å². The molecule has 3 nitrogen and oxygen atoms in total. The normalized spacial score (nSPS) is 13.2. The van der Waals surface area contributed by atoms with E-state index in [9.17, 15) is 4.79 Å². The first kappa shape index (κ1) is 10.2. The summed E-state index contributed by atoms with van der Waals surface area (Å²) in [5.41, 5.74) is 5.87. The second-order valence-corrected chi connectivity index (χ2v) is 4.39. The van der Waals surface area contributed by atoms with Crippen LogP contribution in [0.15, 0.2) is 12.1 Å². The van der Waals surface area contributed by atoms with Crippen LogP contribution in [0.3, 0.4) is 0 Å². The Morgan fingerprint density at radius 2 is 2.15 bits per heavy atom. The Morgan fingerprint density at radius 3 is 2.54 bits per heavy atom. The van der Waals surface area contributed by atoms with Crippen LogP contribution in [0.2, 0.25) is 0 Å². The molecule has 0 spiro atoms. The highest BCUT2D eigenvalue weighted by Gasteiger charge is 2.14. The van der Waals surface area contributed by atoms with Gasteiger partial charge in [0.15, 0.2) is 0 Å². The minimum absolute atomic E-state index is 0.0573. The number of nitrogens with two attached hydrogens (primary N) is 1. The maximum Gasteiger partial charge on any atom is 0.345 e. The van der Waals surface area contributed by atoms with Crippen LogP contribution in [0, 0.1) is 5.92 Å². The monoisotopic (exact) mass is 199 g/mol. The summed E-state index contributed by atoms with van der Waals surface area (Å²) in [4.78, 5) is 11.9. The third kappa shape index (κ3) is 2.29. The van der Waals surface area contributed by atoms with Gasteiger partial charge in [-0.25, -0.2) is 4.79 Å². The number of carboxylic acids is 1. The van der Waals surface area contributed by atoms with Crippen molar-refractivity contribution < 1.29 is 9.90 Å². The first-order chi connectivity index (χ1) is 6.02. The Balaban J connectivity index is 2.85. The number of thiophene rings is 1. The molecule has 1 rings (SSSR count). The molecule has 0 radical (unpaired) electrons. The van der Waals surface area contributed by atoms with E-state index in [0.717, 1.165) is 4.88 Å². The van der Waals surface area contributed by atoms with Gasteiger partial charge in [0.25, 0.3) is 0 Å². The van der Waals surface area contributed by atoms with Crippen molar-refractivity contribution in [2.45, 2.75) is 19.9 Å². The molecule has 0 amide bonds. The molecule has 13 heavy (non-hydrogen) atoms. The van der Waals surface area contributed by atoms with Crippen LogP contribution in [0.5, 0.6) is 0 Å². The van der Waals surface area contributed by atoms with Gasteiger partial charge >= 0.3 is 5.97 Å². The molecule has 0 bridgehead atoms. The summed E-state index contributed by atoms with van der Waals surface area (Å²) in [5.74, 6) is -0.549. The zero-order valence-electron chi connectivity index (χ0n) is 7.65. The van der Waals surface area contributed by atoms with E-state index in [1.807, 2.05) is 13.8 Å². The Labute approximate surface area is 81.2 Å². The summed E-state index contributed by atoms with van der Waals surface area (Å²) < 4.78 is 0. The van der Waals surface area contributed by atoms with E-state index >= 15 is 0 Å². The molecule has 1 aromatic heterocycles. The van der Waals surface area contributed by atoms with Crippen LogP contribution >= 0.6 is 11.3 Å². The largest absolute Gasteiger partial charge is 0.477 e. The van der Waals surface area contributed by atoms with Gasteiger partial charge in [0.2, 0.25) is 0 Å². The lowest BCUT2D eigenvalue weighted by Gasteiger charge is -2.12. The lowest BCUT2D eigenvalue weighted by Crippen LogP contribution is -2.14. The van der Waals surface area contributed by atoms with Crippen molar-refractivity contribution in [3.05, 3.63) is 21.9 Å². The van der Waals surface area contributed by atoms with Gasteiger partial charge in [-0.2, -0.15) is 0 Å². The second-order valence-electron chi connectivity index (χ2n) is 3.28. The molecule has 4 heteroatoms. The smallest absolute Gasteiger partial charge is 0.345 e. The van der Waals surface area contributed by atoms with Gasteiger partial charge in [0.1, 0.15) is 4.88 Å². The van der Waals surface area contributed by atoms with E-state index in [1.165, 1.54) is 11.3 Å². The number of carbonyl (C=O) groups is 1. The lowest BCUT2D eigenvalue weighted by molar-refractivity contribution is 0.0702. The molecule has 0 saturated carbocycles. The molecule has 0 saturated heterocycles. The van der Waals surface area contributed by atoms with Gasteiger partial charge in [-0.1, -0.05) is 13.8 Å². The number of hydrogen-bond donors (Lipinski definition) is 2. The number of rotatable bonds is 3. The van der Waals surface area contributed by atoms with Gasteiger partial charge in [-0.3, -0.25) is 0 Å². The fraction of sp³-hybridized carbons (Fsp3) is 0.444. The van der Waals surface area contributed by atoms with Gasteiger partial charge < -0.3 is 10.8 Å². The highest BCUT2D eigenvalue weighted by Crippen LogP contribution is 2.26. The van der Waals surface area contributed by atoms with Crippen molar-refractivity contribution in [2.75, 3.05) is 0 Å². The minimum Gasteiger partial charge on any atom is -0.477 e. The summed E-state index contributed by atoms with van der Waals surface area (Å²) >= 11 is 1.25. The summed E-state index contributed by atoms with van der Waals surface area (Å²) in [6.07, 6.45) is 0. The standard InChI is InChI=1S/C9H13NO2S/c1-5(2)8(10)6-3-4-7(13-6)9(11)12/h3-5,8H,10H2,1-2H3,(H,11,12)/t8-/m1/s1. The third-order valence-corrected chi connectivity index (χ3v) is 3.06. The lowest BCUT2D eigenvalue weighted by atomic mass is 10.0. The van der Waals surface area contributed by atoms with Crippen molar-refractivity contribution in [2.24, 2.45) is 11.7 Å². The van der Waals surface area contributed by atoms with Gasteiger partial charge in [0.05, 0.1) is 0 Å². The van der Waals surface area contributed by atoms with Crippen LogP contribution in [-0.4, -0.2) is 11.1 Å². The van der Waals surface area contributed by atoms with Crippen LogP contribution in [0.4, 0.5) is 0 Å². The predicted molar refractivity (Wildman–Crippen MR) is 53.0 cm³/mol. The molecule has 3 N–H and O–H groups in total. The Kier molecular flexibility index (Phi) is 3.06. The second kappa shape index (κ2) is 3.89. The van der Waals surface area contributed by atoms with Crippen molar-refractivity contribution in [1.82, 2.24) is 0 Å². The molecule has 0 aliphatic rings. The zero-order valence-corrected chi connectivity index (χ0v) is 8.47. The first-order valence-corrected chi connectivity index (χ1v) is 4.92. The zero-order chi connectivity index (χ0) is 10.0. The summed E-state index contributed by atoms with van der Waals surface area (Å²) in [5, 5.41) is 8.69. The Bertz CT molecular complexity index is 306. The molecule has 1 aromatic rings. The molecule has 0 aliphatic heterocycles. The average molecular weight is 199 g/mol. The summed E-state index contributed by atoms with van der Waals surface area (Å²) in [6.45, 7) is 4.04. The molecular weight excluding hydrogens is 186 g/mol. The molecule has 72 valence electrons. The van der Waals surface area contributed by atoms with E-state index in [0.29, 0.717) is 10.8 Å². The molecule has 1 heterocycles. The highest BCUT2D eigenvalue weighted by atomic mass is 32.1. The molecule has 0 unspecified atom stereocenters. The number of carboxylic acid groups (broad SMARTS) is 1. The SMILES string of the molecule is CC(C)[C@@H](N)c1ccc(C(=O)O)s1. The van der Waals surface area contributed by atoms with E-state index in [4.69, 9.17) is 10.8 Å². The maximum absolute atomic E-state index is 10.6. The Morgan fingerprint density at radius 1 is 1.54 bits per heavy atom. The van der Waals surface area contributed by atoms with Crippen molar-refractivity contribution in [1.29, 1.82) is 0 Å². The number of aromatic carboxylic acids is 1. The predicted octanol–water partition coefficient (Wildman–Crippen LogP) is 2.10. The highest BCUT2D eigenvalue weighted by molar-refractivity contribution is 7.14. The average Bonchev–Trinajstić information content (AvgIpc) is 2.50. The van der Waals surface area contributed by atoms with E-state index < -0.39 is 5.97 Å². The van der Waals surface area contributed by atoms with E-state index in [1.54, 1.807) is 12.1 Å². The maximum atomic E-state index is 10.6. The summed E-state index contributed by atoms with van der Waals surface area (Å²) in [6, 6.07) is 3.33.